The van der Waals surface area contributed by atoms with E-state index >= 15 is 0 Å². The first kappa shape index (κ1) is 18.0. The van der Waals surface area contributed by atoms with Crippen LogP contribution in [0.15, 0.2) is 11.8 Å². The minimum atomic E-state index is -1.35. The molecular weight excluding hydrogens is 356 g/mol. The Kier molecular flexibility index (Phi) is 3.53. The Morgan fingerprint density at radius 1 is 1.15 bits per heavy atom. The average molecular weight is 376 g/mol. The Hall–Kier alpha value is -2.42. The van der Waals surface area contributed by atoms with Crippen molar-refractivity contribution in [2.24, 2.45) is 0 Å². The van der Waals surface area contributed by atoms with Gasteiger partial charge in [0, 0.05) is 23.6 Å². The fraction of sp³-hybridized carbons (Fsp3) is 0.474. The molecule has 1 aromatic rings. The summed E-state index contributed by atoms with van der Waals surface area (Å²) in [6.07, 6.45) is -1.14. The van der Waals surface area contributed by atoms with Crippen LogP contribution in [0.2, 0.25) is 0 Å². The topological polar surface area (TPSA) is 123 Å². The first-order chi connectivity index (χ1) is 12.5. The van der Waals surface area contributed by atoms with Gasteiger partial charge in [0.25, 0.3) is 0 Å². The summed E-state index contributed by atoms with van der Waals surface area (Å²) in [5.41, 5.74) is -1.54. The smallest absolute Gasteiger partial charge is 0.232 e. The molecule has 0 aromatic heterocycles. The summed E-state index contributed by atoms with van der Waals surface area (Å²) in [5, 5.41) is 32.4. The van der Waals surface area contributed by atoms with Crippen LogP contribution >= 0.6 is 0 Å². The van der Waals surface area contributed by atoms with Gasteiger partial charge < -0.3 is 29.5 Å². The fourth-order valence-corrected chi connectivity index (χ4v) is 4.39. The number of hydrogen-bond acceptors (Lipinski definition) is 8. The zero-order valence-corrected chi connectivity index (χ0v) is 15.3. The molecule has 0 bridgehead atoms. The standard InChI is InChI=1S/C19H20O8/c1-18(2)26-17-16(24)10-7(6-19(17,3)27-18)13(21)12-11(15(10)23)8(20)5-9(25-4)14(12)22/h5,16-17,21,23-24H,6H2,1-4H3/t16-,17+,19-/m0/s1. The monoisotopic (exact) mass is 376 g/mol. The van der Waals surface area contributed by atoms with Gasteiger partial charge in [-0.3, -0.25) is 9.59 Å². The summed E-state index contributed by atoms with van der Waals surface area (Å²) >= 11 is 0. The van der Waals surface area contributed by atoms with Crippen molar-refractivity contribution in [3.8, 4) is 11.5 Å². The van der Waals surface area contributed by atoms with E-state index < -0.39 is 46.7 Å². The molecule has 3 N–H and O–H groups in total. The average Bonchev–Trinajstić information content (AvgIpc) is 2.83. The van der Waals surface area contributed by atoms with Gasteiger partial charge in [-0.15, -0.1) is 0 Å². The number of phenolic OH excluding ortho intramolecular Hbond substituents is 2. The number of allylic oxidation sites excluding steroid dienone is 2. The van der Waals surface area contributed by atoms with Crippen molar-refractivity contribution in [3.63, 3.8) is 0 Å². The van der Waals surface area contributed by atoms with Crippen molar-refractivity contribution in [1.29, 1.82) is 0 Å². The van der Waals surface area contributed by atoms with Crippen LogP contribution in [0.3, 0.4) is 0 Å². The summed E-state index contributed by atoms with van der Waals surface area (Å²) < 4.78 is 16.6. The molecular formula is C19H20O8. The van der Waals surface area contributed by atoms with Gasteiger partial charge in [-0.2, -0.15) is 0 Å². The number of methoxy groups -OCH3 is 1. The molecule has 2 aliphatic carbocycles. The highest BCUT2D eigenvalue weighted by molar-refractivity contribution is 6.26. The second kappa shape index (κ2) is 5.31. The summed E-state index contributed by atoms with van der Waals surface area (Å²) in [7, 11) is 1.23. The van der Waals surface area contributed by atoms with Crippen molar-refractivity contribution in [1.82, 2.24) is 0 Å². The quantitative estimate of drug-likeness (QED) is 0.631. The van der Waals surface area contributed by atoms with Gasteiger partial charge in [0.15, 0.2) is 17.3 Å². The molecule has 4 rings (SSSR count). The predicted octanol–water partition coefficient (Wildman–Crippen LogP) is 1.51. The number of benzene rings is 1. The highest BCUT2D eigenvalue weighted by atomic mass is 16.8. The van der Waals surface area contributed by atoms with Gasteiger partial charge in [0.2, 0.25) is 5.78 Å². The van der Waals surface area contributed by atoms with Crippen LogP contribution < -0.4 is 0 Å². The number of rotatable bonds is 1. The third-order valence-corrected chi connectivity index (χ3v) is 5.37. The number of aliphatic hydroxyl groups excluding tert-OH is 1. The van der Waals surface area contributed by atoms with Crippen LogP contribution in [0.25, 0.3) is 0 Å². The van der Waals surface area contributed by atoms with E-state index in [9.17, 15) is 24.9 Å². The lowest BCUT2D eigenvalue weighted by Gasteiger charge is -2.39. The zero-order valence-electron chi connectivity index (χ0n) is 15.3. The molecule has 1 fully saturated rings. The molecule has 144 valence electrons. The maximum Gasteiger partial charge on any atom is 0.232 e. The van der Waals surface area contributed by atoms with E-state index in [4.69, 9.17) is 14.2 Å². The summed E-state index contributed by atoms with van der Waals surface area (Å²) in [6.45, 7) is 5.11. The van der Waals surface area contributed by atoms with Gasteiger partial charge >= 0.3 is 0 Å². The fourth-order valence-electron chi connectivity index (χ4n) is 4.39. The van der Waals surface area contributed by atoms with E-state index in [2.05, 4.69) is 0 Å². The molecule has 1 saturated heterocycles. The highest BCUT2D eigenvalue weighted by Crippen LogP contribution is 2.54. The molecule has 0 radical (unpaired) electrons. The van der Waals surface area contributed by atoms with Crippen LogP contribution in [0.5, 0.6) is 11.5 Å². The number of fused-ring (bicyclic) bond motifs is 3. The maximum atomic E-state index is 12.6. The SMILES string of the molecule is COC1=CC(=O)c2c(O)c3c(c(O)c2C1=O)C[C@]1(C)OC(C)(C)O[C@@H]1[C@H]3O. The number of carbonyl (C=O) groups is 2. The number of Topliss-reactive ketones (excluding diaryl/α,β-unsaturated/α-hetero) is 1. The normalized spacial score (nSPS) is 31.1. The van der Waals surface area contributed by atoms with Gasteiger partial charge in [0.05, 0.1) is 18.2 Å². The van der Waals surface area contributed by atoms with E-state index in [1.165, 1.54) is 7.11 Å². The Bertz CT molecular complexity index is 928. The first-order valence-electron chi connectivity index (χ1n) is 8.52. The van der Waals surface area contributed by atoms with Crippen LogP contribution in [0.4, 0.5) is 0 Å². The number of aliphatic hydroxyl groups is 1. The second-order valence-electron chi connectivity index (χ2n) is 7.72. The molecule has 8 nitrogen and oxygen atoms in total. The molecule has 1 heterocycles. The van der Waals surface area contributed by atoms with Gasteiger partial charge in [-0.05, 0) is 20.8 Å². The van der Waals surface area contributed by atoms with E-state index in [0.717, 1.165) is 6.08 Å². The zero-order chi connectivity index (χ0) is 19.9. The van der Waals surface area contributed by atoms with Gasteiger partial charge in [-0.25, -0.2) is 0 Å². The second-order valence-corrected chi connectivity index (χ2v) is 7.72. The van der Waals surface area contributed by atoms with E-state index in [0.29, 0.717) is 0 Å². The van der Waals surface area contributed by atoms with Crippen molar-refractivity contribution >= 4 is 11.6 Å². The number of ketones is 2. The maximum absolute atomic E-state index is 12.6. The van der Waals surface area contributed by atoms with E-state index in [-0.39, 0.29) is 34.4 Å². The van der Waals surface area contributed by atoms with Crippen molar-refractivity contribution in [3.05, 3.63) is 34.1 Å². The molecule has 1 aromatic carbocycles. The minimum Gasteiger partial charge on any atom is -0.507 e. The van der Waals surface area contributed by atoms with Crippen molar-refractivity contribution < 1.29 is 39.1 Å². The first-order valence-corrected chi connectivity index (χ1v) is 8.52. The molecule has 1 aliphatic heterocycles. The van der Waals surface area contributed by atoms with Gasteiger partial charge in [0.1, 0.15) is 29.3 Å². The van der Waals surface area contributed by atoms with Crippen LogP contribution in [-0.2, 0) is 20.6 Å². The molecule has 3 atom stereocenters. The van der Waals surface area contributed by atoms with Crippen molar-refractivity contribution in [2.45, 2.75) is 50.8 Å². The van der Waals surface area contributed by atoms with Crippen LogP contribution in [0.1, 0.15) is 58.7 Å². The summed E-state index contributed by atoms with van der Waals surface area (Å²) in [4.78, 5) is 25.1. The lowest BCUT2D eigenvalue weighted by molar-refractivity contribution is -0.163. The van der Waals surface area contributed by atoms with E-state index in [1.54, 1.807) is 20.8 Å². The molecule has 8 heteroatoms. The Balaban J connectivity index is 1.97. The van der Waals surface area contributed by atoms with Gasteiger partial charge in [-0.1, -0.05) is 0 Å². The third-order valence-electron chi connectivity index (χ3n) is 5.37. The lowest BCUT2D eigenvalue weighted by atomic mass is 9.74. The molecule has 0 saturated carbocycles. The highest BCUT2D eigenvalue weighted by Gasteiger charge is 2.58. The lowest BCUT2D eigenvalue weighted by Crippen LogP contribution is -2.46. The number of hydrogen-bond donors (Lipinski definition) is 3. The molecule has 0 spiro atoms. The Morgan fingerprint density at radius 3 is 2.44 bits per heavy atom. The predicted molar refractivity (Wildman–Crippen MR) is 90.6 cm³/mol. The number of ether oxygens (including phenoxy) is 3. The molecule has 3 aliphatic rings. The third kappa shape index (κ3) is 2.27. The van der Waals surface area contributed by atoms with Crippen LogP contribution in [0, 0.1) is 0 Å². The largest absolute Gasteiger partial charge is 0.507 e. The van der Waals surface area contributed by atoms with Crippen LogP contribution in [-0.4, -0.2) is 51.5 Å². The Morgan fingerprint density at radius 2 is 1.81 bits per heavy atom. The van der Waals surface area contributed by atoms with Crippen molar-refractivity contribution in [2.75, 3.05) is 7.11 Å². The Labute approximate surface area is 155 Å². The number of aromatic hydroxyl groups is 2. The summed E-state index contributed by atoms with van der Waals surface area (Å²) in [5.74, 6) is -3.63. The molecule has 27 heavy (non-hydrogen) atoms. The summed E-state index contributed by atoms with van der Waals surface area (Å²) in [6, 6.07) is 0. The molecule has 0 unspecified atom stereocenters. The molecule has 0 amide bonds. The minimum absolute atomic E-state index is 0.0227. The van der Waals surface area contributed by atoms with E-state index in [1.807, 2.05) is 0 Å². The number of phenols is 2. The number of carbonyl (C=O) groups excluding carboxylic acids is 2.